The molecule has 30 heavy (non-hydrogen) atoms. The molecule has 1 amide bonds. The van der Waals surface area contributed by atoms with Gasteiger partial charge in [0, 0.05) is 23.4 Å². The molecule has 0 spiro atoms. The van der Waals surface area contributed by atoms with Gasteiger partial charge < -0.3 is 20.2 Å². The second kappa shape index (κ2) is 8.54. The Bertz CT molecular complexity index is 1110. The third kappa shape index (κ3) is 4.96. The number of anilines is 2. The summed E-state index contributed by atoms with van der Waals surface area (Å²) in [7, 11) is 1.41. The molecule has 0 saturated carbocycles. The van der Waals surface area contributed by atoms with E-state index in [-0.39, 0.29) is 27.8 Å². The zero-order valence-corrected chi connectivity index (χ0v) is 16.3. The number of amides is 1. The minimum Gasteiger partial charge on any atom is -0.494 e. The van der Waals surface area contributed by atoms with Crippen molar-refractivity contribution in [1.29, 1.82) is 0 Å². The lowest BCUT2D eigenvalue weighted by Gasteiger charge is -2.11. The van der Waals surface area contributed by atoms with Crippen molar-refractivity contribution in [2.75, 3.05) is 18.2 Å². The number of carbonyl (C=O) groups excluding carboxylic acids is 1. The number of ether oxygens (including phenoxy) is 1. The number of halogens is 4. The first-order chi connectivity index (χ1) is 14.2. The van der Waals surface area contributed by atoms with Crippen molar-refractivity contribution in [3.05, 3.63) is 71.0 Å². The molecule has 0 radical (unpaired) electrons. The molecule has 0 unspecified atom stereocenters. The lowest BCUT2D eigenvalue weighted by atomic mass is 10.1. The molecule has 9 heteroatoms. The molecule has 3 rings (SSSR count). The zero-order chi connectivity index (χ0) is 21.9. The van der Waals surface area contributed by atoms with Crippen LogP contribution in [0.25, 0.3) is 17.4 Å². The van der Waals surface area contributed by atoms with Crippen molar-refractivity contribution in [2.45, 2.75) is 6.18 Å². The smallest absolute Gasteiger partial charge is 0.416 e. The lowest BCUT2D eigenvalue weighted by Crippen LogP contribution is -2.09. The summed E-state index contributed by atoms with van der Waals surface area (Å²) in [4.78, 5) is 12.2. The van der Waals surface area contributed by atoms with Crippen molar-refractivity contribution < 1.29 is 27.1 Å². The molecule has 3 aromatic rings. The van der Waals surface area contributed by atoms with Crippen LogP contribution in [0.1, 0.15) is 11.3 Å². The molecule has 2 aromatic carbocycles. The van der Waals surface area contributed by atoms with Gasteiger partial charge in [0.2, 0.25) is 5.91 Å². The highest BCUT2D eigenvalue weighted by molar-refractivity contribution is 6.34. The van der Waals surface area contributed by atoms with E-state index in [4.69, 9.17) is 26.5 Å². The Morgan fingerprint density at radius 3 is 2.67 bits per heavy atom. The van der Waals surface area contributed by atoms with Gasteiger partial charge in [-0.25, -0.2) is 0 Å². The number of nitrogens with two attached hydrogens (primary N) is 1. The molecule has 1 aromatic heterocycles. The molecule has 156 valence electrons. The number of hydrogen-bond donors (Lipinski definition) is 2. The summed E-state index contributed by atoms with van der Waals surface area (Å²) < 4.78 is 49.3. The number of rotatable bonds is 5. The van der Waals surface area contributed by atoms with Crippen molar-refractivity contribution in [3.63, 3.8) is 0 Å². The molecule has 0 atom stereocenters. The molecule has 1 heterocycles. The first kappa shape index (κ1) is 21.3. The molecule has 0 bridgehead atoms. The predicted molar refractivity (Wildman–Crippen MR) is 109 cm³/mol. The largest absolute Gasteiger partial charge is 0.494 e. The first-order valence-electron chi connectivity index (χ1n) is 8.57. The van der Waals surface area contributed by atoms with Crippen LogP contribution in [-0.4, -0.2) is 13.0 Å². The fourth-order valence-electron chi connectivity index (χ4n) is 2.65. The number of carbonyl (C=O) groups is 1. The molecule has 0 saturated heterocycles. The van der Waals surface area contributed by atoms with Crippen LogP contribution in [0.4, 0.5) is 24.5 Å². The summed E-state index contributed by atoms with van der Waals surface area (Å²) in [6.45, 7) is 0. The molecule has 0 aliphatic heterocycles. The number of nitrogens with one attached hydrogen (secondary N) is 1. The van der Waals surface area contributed by atoms with E-state index < -0.39 is 17.6 Å². The zero-order valence-electron chi connectivity index (χ0n) is 15.6. The third-order valence-corrected chi connectivity index (χ3v) is 4.34. The number of hydrogen-bond acceptors (Lipinski definition) is 4. The van der Waals surface area contributed by atoms with Crippen molar-refractivity contribution in [3.8, 4) is 17.1 Å². The molecule has 0 fully saturated rings. The van der Waals surface area contributed by atoms with Crippen LogP contribution in [0.5, 0.6) is 5.75 Å². The van der Waals surface area contributed by atoms with Crippen LogP contribution in [0, 0.1) is 0 Å². The Hall–Kier alpha value is -3.39. The van der Waals surface area contributed by atoms with Gasteiger partial charge in [-0.2, -0.15) is 13.2 Å². The summed E-state index contributed by atoms with van der Waals surface area (Å²) in [6.07, 6.45) is -1.88. The second-order valence-corrected chi connectivity index (χ2v) is 6.59. The van der Waals surface area contributed by atoms with Gasteiger partial charge in [0.05, 0.1) is 17.7 Å². The molecule has 0 aliphatic carbocycles. The minimum absolute atomic E-state index is 0.207. The van der Waals surface area contributed by atoms with Gasteiger partial charge in [-0.1, -0.05) is 23.7 Å². The highest BCUT2D eigenvalue weighted by Crippen LogP contribution is 2.35. The molecule has 0 aliphatic rings. The first-order valence-corrected chi connectivity index (χ1v) is 8.94. The average molecular weight is 437 g/mol. The summed E-state index contributed by atoms with van der Waals surface area (Å²) in [5, 5.41) is 2.79. The Morgan fingerprint density at radius 1 is 1.20 bits per heavy atom. The van der Waals surface area contributed by atoms with Gasteiger partial charge in [-0.05, 0) is 36.4 Å². The Kier molecular flexibility index (Phi) is 6.07. The number of methoxy groups -OCH3 is 1. The number of benzene rings is 2. The number of nitrogen functional groups attached to an aromatic ring is 1. The van der Waals surface area contributed by atoms with Crippen LogP contribution >= 0.6 is 11.6 Å². The van der Waals surface area contributed by atoms with E-state index in [0.717, 1.165) is 12.1 Å². The van der Waals surface area contributed by atoms with E-state index in [1.807, 2.05) is 0 Å². The van der Waals surface area contributed by atoms with E-state index in [2.05, 4.69) is 5.32 Å². The molecule has 5 nitrogen and oxygen atoms in total. The van der Waals surface area contributed by atoms with Gasteiger partial charge in [-0.3, -0.25) is 4.79 Å². The van der Waals surface area contributed by atoms with Crippen LogP contribution in [-0.2, 0) is 11.0 Å². The normalized spacial score (nSPS) is 11.6. The molecule has 3 N–H and O–H groups in total. The number of furan rings is 1. The molecular weight excluding hydrogens is 421 g/mol. The Balaban J connectivity index is 1.74. The SMILES string of the molecule is COc1cc(N)cc(Cl)c1NC(=O)/C=C/c1ccc(-c2cccc(C(F)(F)F)c2)o1. The fourth-order valence-corrected chi connectivity index (χ4v) is 2.92. The van der Waals surface area contributed by atoms with E-state index in [1.54, 1.807) is 0 Å². The molecular formula is C21H16ClF3N2O3. The Morgan fingerprint density at radius 2 is 1.97 bits per heavy atom. The van der Waals surface area contributed by atoms with Gasteiger partial charge in [0.1, 0.15) is 23.0 Å². The average Bonchev–Trinajstić information content (AvgIpc) is 3.17. The minimum atomic E-state index is -4.45. The Labute approximate surface area is 174 Å². The van der Waals surface area contributed by atoms with Crippen molar-refractivity contribution in [1.82, 2.24) is 0 Å². The third-order valence-electron chi connectivity index (χ3n) is 4.04. The van der Waals surface area contributed by atoms with E-state index in [1.165, 1.54) is 55.7 Å². The topological polar surface area (TPSA) is 77.5 Å². The summed E-state index contributed by atoms with van der Waals surface area (Å²) in [5.74, 6) is 0.306. The lowest BCUT2D eigenvalue weighted by molar-refractivity contribution is -0.137. The van der Waals surface area contributed by atoms with E-state index in [9.17, 15) is 18.0 Å². The summed E-state index contributed by atoms with van der Waals surface area (Å²) in [5.41, 5.74) is 5.82. The predicted octanol–water partition coefficient (Wildman–Crippen LogP) is 5.86. The van der Waals surface area contributed by atoms with Crippen LogP contribution in [0.15, 0.2) is 59.0 Å². The standard InChI is InChI=1S/C21H16ClF3N2O3/c1-29-18-11-14(26)10-16(22)20(18)27-19(28)8-6-15-5-7-17(30-15)12-3-2-4-13(9-12)21(23,24)25/h2-11H,26H2,1H3,(H,27,28)/b8-6+. The van der Waals surface area contributed by atoms with Crippen molar-refractivity contribution >= 4 is 35.0 Å². The maximum Gasteiger partial charge on any atom is 0.416 e. The maximum absolute atomic E-state index is 12.9. The highest BCUT2D eigenvalue weighted by atomic mass is 35.5. The fraction of sp³-hybridized carbons (Fsp3) is 0.0952. The van der Waals surface area contributed by atoms with Crippen LogP contribution in [0.3, 0.4) is 0 Å². The van der Waals surface area contributed by atoms with Crippen molar-refractivity contribution in [2.24, 2.45) is 0 Å². The van der Waals surface area contributed by atoms with Crippen LogP contribution in [0.2, 0.25) is 5.02 Å². The maximum atomic E-state index is 12.9. The highest BCUT2D eigenvalue weighted by Gasteiger charge is 2.30. The van der Waals surface area contributed by atoms with Gasteiger partial charge in [0.25, 0.3) is 0 Å². The van der Waals surface area contributed by atoms with Gasteiger partial charge in [-0.15, -0.1) is 0 Å². The van der Waals surface area contributed by atoms with Crippen LogP contribution < -0.4 is 15.8 Å². The monoisotopic (exact) mass is 436 g/mol. The van der Waals surface area contributed by atoms with Gasteiger partial charge >= 0.3 is 6.18 Å². The summed E-state index contributed by atoms with van der Waals surface area (Å²) >= 11 is 6.09. The summed E-state index contributed by atoms with van der Waals surface area (Å²) in [6, 6.07) is 10.8. The number of alkyl halides is 3. The van der Waals surface area contributed by atoms with Gasteiger partial charge in [0.15, 0.2) is 0 Å². The van der Waals surface area contributed by atoms with E-state index in [0.29, 0.717) is 11.4 Å². The quantitative estimate of drug-likeness (QED) is 0.388. The van der Waals surface area contributed by atoms with E-state index >= 15 is 0 Å². The second-order valence-electron chi connectivity index (χ2n) is 6.18.